The molecule has 0 spiro atoms. The minimum absolute atomic E-state index is 0. The number of nitrogens with two attached hydrogens (primary N) is 1. The molecule has 1 fully saturated rings. The smallest absolute Gasteiger partial charge is 0.226 e. The molecule has 1 saturated heterocycles. The van der Waals surface area contributed by atoms with Crippen LogP contribution in [0.2, 0.25) is 0 Å². The lowest BCUT2D eigenvalue weighted by atomic mass is 10.1. The summed E-state index contributed by atoms with van der Waals surface area (Å²) in [6.45, 7) is 2.31. The quantitative estimate of drug-likeness (QED) is 0.903. The minimum atomic E-state index is -0.403. The second kappa shape index (κ2) is 8.07. The molecule has 1 aromatic rings. The SMILES string of the molecule is Cl.NCC1CCN(C(=O)CCOc2ccccc2F)C1. The maximum atomic E-state index is 13.3. The van der Waals surface area contributed by atoms with E-state index in [0.29, 0.717) is 12.5 Å². The van der Waals surface area contributed by atoms with Gasteiger partial charge in [-0.15, -0.1) is 12.4 Å². The Kier molecular flexibility index (Phi) is 6.75. The Bertz CT molecular complexity index is 445. The van der Waals surface area contributed by atoms with Crippen molar-refractivity contribution in [2.24, 2.45) is 11.7 Å². The predicted octanol–water partition coefficient (Wildman–Crippen LogP) is 1.82. The highest BCUT2D eigenvalue weighted by atomic mass is 35.5. The van der Waals surface area contributed by atoms with Gasteiger partial charge in [-0.05, 0) is 31.0 Å². The molecule has 1 amide bonds. The fourth-order valence-corrected chi connectivity index (χ4v) is 2.22. The van der Waals surface area contributed by atoms with Gasteiger partial charge in [0.25, 0.3) is 0 Å². The van der Waals surface area contributed by atoms with Gasteiger partial charge in [-0.3, -0.25) is 4.79 Å². The van der Waals surface area contributed by atoms with Crippen LogP contribution in [0.5, 0.6) is 5.75 Å². The van der Waals surface area contributed by atoms with Gasteiger partial charge in [0.1, 0.15) is 0 Å². The number of amides is 1. The molecule has 0 radical (unpaired) electrons. The summed E-state index contributed by atoms with van der Waals surface area (Å²) in [7, 11) is 0. The van der Waals surface area contributed by atoms with Crippen LogP contribution in [0.3, 0.4) is 0 Å². The van der Waals surface area contributed by atoms with Crippen molar-refractivity contribution in [3.63, 3.8) is 0 Å². The molecule has 0 bridgehead atoms. The Hall–Kier alpha value is -1.33. The van der Waals surface area contributed by atoms with Crippen molar-refractivity contribution < 1.29 is 13.9 Å². The molecule has 4 nitrogen and oxygen atoms in total. The standard InChI is InChI=1S/C14H19FN2O2.ClH/c15-12-3-1-2-4-13(12)19-8-6-14(18)17-7-5-11(9-16)10-17;/h1-4,11H,5-10,16H2;1H. The van der Waals surface area contributed by atoms with E-state index in [0.717, 1.165) is 19.5 Å². The molecule has 1 heterocycles. The number of para-hydroxylation sites is 1. The first-order valence-electron chi connectivity index (χ1n) is 6.56. The first kappa shape index (κ1) is 16.7. The Balaban J connectivity index is 0.00000200. The highest BCUT2D eigenvalue weighted by Crippen LogP contribution is 2.17. The van der Waals surface area contributed by atoms with Crippen LogP contribution in [-0.4, -0.2) is 37.0 Å². The fraction of sp³-hybridized carbons (Fsp3) is 0.500. The molecule has 1 atom stereocenters. The summed E-state index contributed by atoms with van der Waals surface area (Å²) in [5.41, 5.74) is 5.58. The Morgan fingerprint density at radius 2 is 2.20 bits per heavy atom. The molecular formula is C14H20ClFN2O2. The second-order valence-corrected chi connectivity index (χ2v) is 4.76. The lowest BCUT2D eigenvalue weighted by Gasteiger charge is -2.16. The molecule has 1 aliphatic heterocycles. The highest BCUT2D eigenvalue weighted by Gasteiger charge is 2.24. The molecule has 0 saturated carbocycles. The van der Waals surface area contributed by atoms with Gasteiger partial charge in [0.2, 0.25) is 5.91 Å². The zero-order valence-electron chi connectivity index (χ0n) is 11.3. The zero-order valence-corrected chi connectivity index (χ0v) is 12.1. The van der Waals surface area contributed by atoms with Crippen molar-refractivity contribution >= 4 is 18.3 Å². The lowest BCUT2D eigenvalue weighted by Crippen LogP contribution is -2.30. The van der Waals surface area contributed by atoms with Crippen molar-refractivity contribution in [3.8, 4) is 5.75 Å². The molecule has 112 valence electrons. The monoisotopic (exact) mass is 302 g/mol. The molecule has 0 aliphatic carbocycles. The van der Waals surface area contributed by atoms with Crippen LogP contribution in [-0.2, 0) is 4.79 Å². The van der Waals surface area contributed by atoms with E-state index >= 15 is 0 Å². The van der Waals surface area contributed by atoms with Crippen LogP contribution in [0.25, 0.3) is 0 Å². The van der Waals surface area contributed by atoms with Crippen LogP contribution < -0.4 is 10.5 Å². The number of hydrogen-bond donors (Lipinski definition) is 1. The van der Waals surface area contributed by atoms with Crippen molar-refractivity contribution in [1.82, 2.24) is 4.90 Å². The van der Waals surface area contributed by atoms with Crippen molar-refractivity contribution in [1.29, 1.82) is 0 Å². The lowest BCUT2D eigenvalue weighted by molar-refractivity contribution is -0.130. The first-order valence-corrected chi connectivity index (χ1v) is 6.56. The van der Waals surface area contributed by atoms with Crippen LogP contribution in [0, 0.1) is 11.7 Å². The predicted molar refractivity (Wildman–Crippen MR) is 77.5 cm³/mol. The van der Waals surface area contributed by atoms with E-state index in [1.165, 1.54) is 6.07 Å². The number of likely N-dealkylation sites (tertiary alicyclic amines) is 1. The highest BCUT2D eigenvalue weighted by molar-refractivity contribution is 5.85. The van der Waals surface area contributed by atoms with Crippen LogP contribution in [0.1, 0.15) is 12.8 Å². The number of hydrogen-bond acceptors (Lipinski definition) is 3. The van der Waals surface area contributed by atoms with E-state index in [4.69, 9.17) is 10.5 Å². The molecule has 1 aromatic carbocycles. The van der Waals surface area contributed by atoms with Gasteiger partial charge in [0.05, 0.1) is 13.0 Å². The molecule has 0 aromatic heterocycles. The normalized spacial score (nSPS) is 17.7. The number of nitrogens with zero attached hydrogens (tertiary/aromatic N) is 1. The van der Waals surface area contributed by atoms with E-state index in [9.17, 15) is 9.18 Å². The van der Waals surface area contributed by atoms with Crippen LogP contribution >= 0.6 is 12.4 Å². The minimum Gasteiger partial charge on any atom is -0.490 e. The second-order valence-electron chi connectivity index (χ2n) is 4.76. The van der Waals surface area contributed by atoms with Gasteiger partial charge in [-0.1, -0.05) is 12.1 Å². The molecule has 20 heavy (non-hydrogen) atoms. The number of halogens is 2. The van der Waals surface area contributed by atoms with Crippen LogP contribution in [0.4, 0.5) is 4.39 Å². The number of carbonyl (C=O) groups is 1. The molecule has 6 heteroatoms. The zero-order chi connectivity index (χ0) is 13.7. The molecule has 1 unspecified atom stereocenters. The van der Waals surface area contributed by atoms with Crippen molar-refractivity contribution in [2.45, 2.75) is 12.8 Å². The summed E-state index contributed by atoms with van der Waals surface area (Å²) in [4.78, 5) is 13.7. The van der Waals surface area contributed by atoms with Gasteiger partial charge in [-0.2, -0.15) is 0 Å². The summed E-state index contributed by atoms with van der Waals surface area (Å²) in [6, 6.07) is 6.20. The summed E-state index contributed by atoms with van der Waals surface area (Å²) in [5.74, 6) is 0.250. The summed E-state index contributed by atoms with van der Waals surface area (Å²) in [5, 5.41) is 0. The third-order valence-corrected chi connectivity index (χ3v) is 3.38. The van der Waals surface area contributed by atoms with Gasteiger partial charge in [0, 0.05) is 13.1 Å². The maximum absolute atomic E-state index is 13.3. The number of carbonyl (C=O) groups excluding carboxylic acids is 1. The van der Waals surface area contributed by atoms with E-state index in [1.807, 2.05) is 4.90 Å². The van der Waals surface area contributed by atoms with Gasteiger partial charge in [-0.25, -0.2) is 4.39 Å². The molecule has 1 aliphatic rings. The fourth-order valence-electron chi connectivity index (χ4n) is 2.22. The summed E-state index contributed by atoms with van der Waals surface area (Å²) >= 11 is 0. The number of ether oxygens (including phenoxy) is 1. The van der Waals surface area contributed by atoms with Crippen molar-refractivity contribution in [3.05, 3.63) is 30.1 Å². The maximum Gasteiger partial charge on any atom is 0.226 e. The van der Waals surface area contributed by atoms with Gasteiger partial charge < -0.3 is 15.4 Å². The summed E-state index contributed by atoms with van der Waals surface area (Å²) in [6.07, 6.45) is 1.24. The number of rotatable bonds is 5. The third-order valence-electron chi connectivity index (χ3n) is 3.38. The van der Waals surface area contributed by atoms with Gasteiger partial charge >= 0.3 is 0 Å². The van der Waals surface area contributed by atoms with Gasteiger partial charge in [0.15, 0.2) is 11.6 Å². The third kappa shape index (κ3) is 4.35. The van der Waals surface area contributed by atoms with E-state index in [2.05, 4.69) is 0 Å². The summed E-state index contributed by atoms with van der Waals surface area (Å²) < 4.78 is 18.6. The van der Waals surface area contributed by atoms with Crippen LogP contribution in [0.15, 0.2) is 24.3 Å². The molecule has 2 N–H and O–H groups in total. The van der Waals surface area contributed by atoms with E-state index < -0.39 is 5.82 Å². The average Bonchev–Trinajstić information content (AvgIpc) is 2.90. The molecule has 2 rings (SSSR count). The first-order chi connectivity index (χ1) is 9.20. The Morgan fingerprint density at radius 1 is 1.45 bits per heavy atom. The average molecular weight is 303 g/mol. The van der Waals surface area contributed by atoms with E-state index in [-0.39, 0.29) is 37.1 Å². The molecular weight excluding hydrogens is 283 g/mol. The van der Waals surface area contributed by atoms with E-state index in [1.54, 1.807) is 18.2 Å². The number of benzene rings is 1. The Labute approximate surface area is 124 Å². The topological polar surface area (TPSA) is 55.6 Å². The Morgan fingerprint density at radius 3 is 2.85 bits per heavy atom. The van der Waals surface area contributed by atoms with Crippen molar-refractivity contribution in [2.75, 3.05) is 26.2 Å². The largest absolute Gasteiger partial charge is 0.490 e.